The molecule has 0 aromatic heterocycles. The first kappa shape index (κ1) is 26.0. The van der Waals surface area contributed by atoms with Crippen molar-refractivity contribution in [1.82, 2.24) is 10.6 Å². The summed E-state index contributed by atoms with van der Waals surface area (Å²) < 4.78 is 5.18. The van der Waals surface area contributed by atoms with Crippen LogP contribution in [0.15, 0.2) is 78.9 Å². The first-order valence-corrected chi connectivity index (χ1v) is 11.3. The first-order chi connectivity index (χ1) is 17.4. The van der Waals surface area contributed by atoms with Gasteiger partial charge in [0, 0.05) is 24.3 Å². The van der Waals surface area contributed by atoms with E-state index in [0.717, 1.165) is 11.1 Å². The van der Waals surface area contributed by atoms with Gasteiger partial charge in [0.05, 0.1) is 12.8 Å². The fourth-order valence-corrected chi connectivity index (χ4v) is 3.24. The lowest BCUT2D eigenvalue weighted by atomic mass is 10.1. The maximum absolute atomic E-state index is 12.6. The van der Waals surface area contributed by atoms with E-state index >= 15 is 0 Å². The van der Waals surface area contributed by atoms with Crippen LogP contribution in [0.4, 0.5) is 10.5 Å². The molecular formula is C27H27N3O6. The molecule has 0 aliphatic carbocycles. The average Bonchev–Trinajstić information content (AvgIpc) is 2.87. The van der Waals surface area contributed by atoms with E-state index in [9.17, 15) is 19.2 Å². The van der Waals surface area contributed by atoms with E-state index in [2.05, 4.69) is 16.0 Å². The molecule has 186 valence electrons. The number of anilines is 1. The molecule has 36 heavy (non-hydrogen) atoms. The number of aliphatic carboxylic acids is 1. The molecule has 0 radical (unpaired) electrons. The van der Waals surface area contributed by atoms with Gasteiger partial charge in [0.15, 0.2) is 0 Å². The van der Waals surface area contributed by atoms with E-state index in [-0.39, 0.29) is 44.4 Å². The Bertz CT molecular complexity index is 1200. The van der Waals surface area contributed by atoms with Crippen LogP contribution in [0, 0.1) is 0 Å². The number of rotatable bonds is 11. The van der Waals surface area contributed by atoms with Crippen molar-refractivity contribution in [2.24, 2.45) is 0 Å². The van der Waals surface area contributed by atoms with E-state index < -0.39 is 12.1 Å². The highest BCUT2D eigenvalue weighted by atomic mass is 16.5. The number of benzene rings is 3. The van der Waals surface area contributed by atoms with Crippen LogP contribution in [-0.4, -0.2) is 35.5 Å². The number of carbonyl (C=O) groups excluding carboxylic acids is 3. The summed E-state index contributed by atoms with van der Waals surface area (Å²) in [6, 6.07) is 23.0. The summed E-state index contributed by atoms with van der Waals surface area (Å²) in [5.74, 6) is -1.60. The summed E-state index contributed by atoms with van der Waals surface area (Å²) in [4.78, 5) is 47.0. The molecule has 0 fully saturated rings. The molecule has 0 heterocycles. The monoisotopic (exact) mass is 489 g/mol. The van der Waals surface area contributed by atoms with Crippen LogP contribution in [0.2, 0.25) is 0 Å². The SMILES string of the molecule is O=C(O)CCNC(=O)Cc1cccc(NC(=O)c2ccc(CNC(=O)OCc3ccccc3)cc2)c1. The average molecular weight is 490 g/mol. The summed E-state index contributed by atoms with van der Waals surface area (Å²) in [6.45, 7) is 0.499. The van der Waals surface area contributed by atoms with E-state index in [4.69, 9.17) is 9.84 Å². The zero-order chi connectivity index (χ0) is 25.8. The third-order valence-electron chi connectivity index (χ3n) is 5.08. The lowest BCUT2D eigenvalue weighted by molar-refractivity contribution is -0.136. The van der Waals surface area contributed by atoms with Gasteiger partial charge in [-0.2, -0.15) is 0 Å². The maximum atomic E-state index is 12.6. The normalized spacial score (nSPS) is 10.2. The number of carbonyl (C=O) groups is 4. The number of amides is 3. The van der Waals surface area contributed by atoms with Crippen molar-refractivity contribution in [1.29, 1.82) is 0 Å². The van der Waals surface area contributed by atoms with Crippen molar-refractivity contribution >= 4 is 29.6 Å². The maximum Gasteiger partial charge on any atom is 0.407 e. The molecule has 4 N–H and O–H groups in total. The molecule has 0 bridgehead atoms. The van der Waals surface area contributed by atoms with E-state index in [0.29, 0.717) is 16.8 Å². The Morgan fingerprint density at radius 1 is 0.778 bits per heavy atom. The van der Waals surface area contributed by atoms with Gasteiger partial charge in [0.1, 0.15) is 6.61 Å². The fourth-order valence-electron chi connectivity index (χ4n) is 3.24. The van der Waals surface area contributed by atoms with Gasteiger partial charge in [-0.1, -0.05) is 54.6 Å². The minimum Gasteiger partial charge on any atom is -0.481 e. The summed E-state index contributed by atoms with van der Waals surface area (Å²) in [6.07, 6.45) is -0.607. The molecule has 0 aliphatic rings. The molecule has 9 heteroatoms. The fraction of sp³-hybridized carbons (Fsp3) is 0.185. The Hall–Kier alpha value is -4.66. The van der Waals surface area contributed by atoms with E-state index in [1.165, 1.54) is 0 Å². The molecular weight excluding hydrogens is 462 g/mol. The van der Waals surface area contributed by atoms with Crippen molar-refractivity contribution in [3.05, 3.63) is 101 Å². The summed E-state index contributed by atoms with van der Waals surface area (Å²) in [5, 5.41) is 16.6. The summed E-state index contributed by atoms with van der Waals surface area (Å²) >= 11 is 0. The summed E-state index contributed by atoms with van der Waals surface area (Å²) in [5.41, 5.74) is 3.35. The quantitative estimate of drug-likeness (QED) is 0.326. The Morgan fingerprint density at radius 3 is 2.22 bits per heavy atom. The Balaban J connectivity index is 1.45. The van der Waals surface area contributed by atoms with Gasteiger partial charge in [-0.3, -0.25) is 14.4 Å². The third-order valence-corrected chi connectivity index (χ3v) is 5.08. The molecule has 0 aliphatic heterocycles. The van der Waals surface area contributed by atoms with E-state index in [1.807, 2.05) is 30.3 Å². The molecule has 3 rings (SSSR count). The van der Waals surface area contributed by atoms with Gasteiger partial charge in [0.25, 0.3) is 5.91 Å². The number of nitrogens with one attached hydrogen (secondary N) is 3. The largest absolute Gasteiger partial charge is 0.481 e. The molecule has 0 spiro atoms. The number of carboxylic acids is 1. The predicted molar refractivity (Wildman–Crippen MR) is 133 cm³/mol. The van der Waals surface area contributed by atoms with Gasteiger partial charge in [-0.15, -0.1) is 0 Å². The number of carboxylic acid groups (broad SMARTS) is 1. The van der Waals surface area contributed by atoms with Gasteiger partial charge in [-0.05, 0) is 41.0 Å². The highest BCUT2D eigenvalue weighted by molar-refractivity contribution is 6.04. The summed E-state index contributed by atoms with van der Waals surface area (Å²) in [7, 11) is 0. The number of hydrogen-bond acceptors (Lipinski definition) is 5. The van der Waals surface area contributed by atoms with Crippen LogP contribution in [0.3, 0.4) is 0 Å². The predicted octanol–water partition coefficient (Wildman–Crippen LogP) is 3.50. The molecule has 0 unspecified atom stereocenters. The molecule has 3 aromatic rings. The molecule has 0 saturated carbocycles. The minimum atomic E-state index is -0.981. The Kier molecular flexibility index (Phi) is 9.58. The lowest BCUT2D eigenvalue weighted by Gasteiger charge is -2.09. The Morgan fingerprint density at radius 2 is 1.50 bits per heavy atom. The van der Waals surface area contributed by atoms with Crippen LogP contribution in [-0.2, 0) is 33.9 Å². The second-order valence-electron chi connectivity index (χ2n) is 7.94. The van der Waals surface area contributed by atoms with Crippen molar-refractivity contribution < 1.29 is 29.0 Å². The topological polar surface area (TPSA) is 134 Å². The lowest BCUT2D eigenvalue weighted by Crippen LogP contribution is -2.27. The molecule has 0 saturated heterocycles. The first-order valence-electron chi connectivity index (χ1n) is 11.3. The molecule has 0 atom stereocenters. The van der Waals surface area contributed by atoms with Crippen LogP contribution < -0.4 is 16.0 Å². The van der Waals surface area contributed by atoms with Gasteiger partial charge in [-0.25, -0.2) is 4.79 Å². The van der Waals surface area contributed by atoms with Crippen LogP contribution >= 0.6 is 0 Å². The highest BCUT2D eigenvalue weighted by Crippen LogP contribution is 2.14. The zero-order valence-corrected chi connectivity index (χ0v) is 19.5. The van der Waals surface area contributed by atoms with Crippen molar-refractivity contribution in [3.8, 4) is 0 Å². The van der Waals surface area contributed by atoms with Crippen LogP contribution in [0.25, 0.3) is 0 Å². The number of alkyl carbamates (subject to hydrolysis) is 1. The number of ether oxygens (including phenoxy) is 1. The number of hydrogen-bond donors (Lipinski definition) is 4. The van der Waals surface area contributed by atoms with Crippen molar-refractivity contribution in [3.63, 3.8) is 0 Å². The zero-order valence-electron chi connectivity index (χ0n) is 19.5. The van der Waals surface area contributed by atoms with Crippen LogP contribution in [0.1, 0.15) is 33.5 Å². The van der Waals surface area contributed by atoms with Crippen molar-refractivity contribution in [2.75, 3.05) is 11.9 Å². The standard InChI is InChI=1S/C27H27N3O6/c31-24(28-14-13-25(32)33)16-21-7-4-8-23(15-21)30-26(34)22-11-9-19(10-12-22)17-29-27(35)36-18-20-5-2-1-3-6-20/h1-12,15H,13-14,16-18H2,(H,28,31)(H,29,35)(H,30,34)(H,32,33). The smallest absolute Gasteiger partial charge is 0.407 e. The van der Waals surface area contributed by atoms with Crippen LogP contribution in [0.5, 0.6) is 0 Å². The molecule has 9 nitrogen and oxygen atoms in total. The van der Waals surface area contributed by atoms with Crippen molar-refractivity contribution in [2.45, 2.75) is 26.0 Å². The third kappa shape index (κ3) is 8.94. The molecule has 3 amide bonds. The highest BCUT2D eigenvalue weighted by Gasteiger charge is 2.09. The second kappa shape index (κ2) is 13.3. The Labute approximate surface area is 208 Å². The van der Waals surface area contributed by atoms with Gasteiger partial charge >= 0.3 is 12.1 Å². The molecule has 3 aromatic carbocycles. The second-order valence-corrected chi connectivity index (χ2v) is 7.94. The van der Waals surface area contributed by atoms with Gasteiger partial charge in [0.2, 0.25) is 5.91 Å². The minimum absolute atomic E-state index is 0.0605. The van der Waals surface area contributed by atoms with Gasteiger partial charge < -0.3 is 25.8 Å². The van der Waals surface area contributed by atoms with E-state index in [1.54, 1.807) is 48.5 Å².